The molecule has 0 saturated carbocycles. The zero-order chi connectivity index (χ0) is 10.1. The van der Waals surface area contributed by atoms with Gasteiger partial charge in [-0.05, 0) is 11.1 Å². The van der Waals surface area contributed by atoms with Crippen molar-refractivity contribution in [3.8, 4) is 0 Å². The third-order valence-electron chi connectivity index (χ3n) is 1.23. The van der Waals surface area contributed by atoms with Gasteiger partial charge in [0.2, 0.25) is 5.82 Å². The Kier molecular flexibility index (Phi) is 3.38. The summed E-state index contributed by atoms with van der Waals surface area (Å²) in [4.78, 5) is 1.42. The van der Waals surface area contributed by atoms with Gasteiger partial charge < -0.3 is 0 Å². The van der Waals surface area contributed by atoms with Crippen LogP contribution in [-0.2, 0) is 10.3 Å². The maximum atomic E-state index is 5.56. The molecule has 1 rings (SSSR count). The molecule has 0 bridgehead atoms. The van der Waals surface area contributed by atoms with Crippen molar-refractivity contribution in [2.24, 2.45) is 5.92 Å². The van der Waals surface area contributed by atoms with Gasteiger partial charge in [0, 0.05) is 0 Å². The molecule has 0 amide bonds. The molecule has 0 aromatic carbocycles. The summed E-state index contributed by atoms with van der Waals surface area (Å²) in [5.41, 5.74) is 0. The van der Waals surface area contributed by atoms with Crippen LogP contribution >= 0.6 is 34.8 Å². The summed E-state index contributed by atoms with van der Waals surface area (Å²) in [6.07, 6.45) is 0. The zero-order valence-corrected chi connectivity index (χ0v) is 9.47. The van der Waals surface area contributed by atoms with E-state index in [-0.39, 0.29) is 5.82 Å². The Bertz CT molecular complexity index is 278. The molecule has 0 fully saturated rings. The fourth-order valence-corrected chi connectivity index (χ4v) is 0.987. The molecular weight excluding hydrogens is 234 g/mol. The first-order valence-corrected chi connectivity index (χ1v) is 4.88. The molecule has 1 heterocycles. The highest BCUT2D eigenvalue weighted by Gasteiger charge is 2.28. The van der Waals surface area contributed by atoms with Crippen molar-refractivity contribution in [1.29, 1.82) is 0 Å². The lowest BCUT2D eigenvalue weighted by atomic mass is 10.2. The van der Waals surface area contributed by atoms with Crippen molar-refractivity contribution in [3.63, 3.8) is 0 Å². The first kappa shape index (κ1) is 11.0. The molecule has 0 saturated heterocycles. The van der Waals surface area contributed by atoms with Gasteiger partial charge in [0.05, 0.1) is 6.54 Å². The van der Waals surface area contributed by atoms with Gasteiger partial charge in [-0.15, -0.1) is 10.2 Å². The maximum absolute atomic E-state index is 5.56. The molecule has 0 aliphatic rings. The maximum Gasteiger partial charge on any atom is 0.253 e. The van der Waals surface area contributed by atoms with E-state index in [4.69, 9.17) is 34.8 Å². The topological polar surface area (TPSA) is 43.6 Å². The van der Waals surface area contributed by atoms with E-state index in [1.807, 2.05) is 13.8 Å². The number of aromatic nitrogens is 4. The molecule has 1 aromatic heterocycles. The van der Waals surface area contributed by atoms with Crippen molar-refractivity contribution in [2.45, 2.75) is 24.2 Å². The molecule has 1 aromatic rings. The molecular formula is C6H9Cl3N4. The van der Waals surface area contributed by atoms with Gasteiger partial charge in [0.15, 0.2) is 0 Å². The van der Waals surface area contributed by atoms with Crippen LogP contribution in [0.3, 0.4) is 0 Å². The van der Waals surface area contributed by atoms with E-state index < -0.39 is 3.79 Å². The number of tetrazole rings is 1. The number of hydrogen-bond acceptors (Lipinski definition) is 3. The highest BCUT2D eigenvalue weighted by molar-refractivity contribution is 6.66. The third-order valence-corrected chi connectivity index (χ3v) is 1.74. The molecule has 0 unspecified atom stereocenters. The van der Waals surface area contributed by atoms with E-state index >= 15 is 0 Å². The summed E-state index contributed by atoms with van der Waals surface area (Å²) >= 11 is 16.7. The van der Waals surface area contributed by atoms with E-state index in [1.54, 1.807) is 0 Å². The summed E-state index contributed by atoms with van der Waals surface area (Å²) in [6.45, 7) is 4.74. The minimum atomic E-state index is -1.59. The molecule has 13 heavy (non-hydrogen) atoms. The molecule has 4 nitrogen and oxygen atoms in total. The van der Waals surface area contributed by atoms with E-state index in [0.29, 0.717) is 12.5 Å². The van der Waals surface area contributed by atoms with Crippen LogP contribution in [0.2, 0.25) is 0 Å². The first-order valence-electron chi connectivity index (χ1n) is 3.74. The Labute approximate surface area is 91.1 Å². The van der Waals surface area contributed by atoms with Gasteiger partial charge in [-0.3, -0.25) is 0 Å². The Hall–Kier alpha value is -0.0600. The lowest BCUT2D eigenvalue weighted by Gasteiger charge is -2.03. The van der Waals surface area contributed by atoms with E-state index in [2.05, 4.69) is 15.4 Å². The Morgan fingerprint density at radius 2 is 2.00 bits per heavy atom. The van der Waals surface area contributed by atoms with Gasteiger partial charge in [0.25, 0.3) is 3.79 Å². The van der Waals surface area contributed by atoms with Crippen LogP contribution in [0.4, 0.5) is 0 Å². The SMILES string of the molecule is CC(C)Cn1nnc(C(Cl)(Cl)Cl)n1. The first-order chi connectivity index (χ1) is 5.89. The van der Waals surface area contributed by atoms with Crippen molar-refractivity contribution >= 4 is 34.8 Å². The second-order valence-electron chi connectivity index (χ2n) is 3.06. The Morgan fingerprint density at radius 3 is 2.38 bits per heavy atom. The van der Waals surface area contributed by atoms with Gasteiger partial charge in [-0.1, -0.05) is 48.7 Å². The number of hydrogen-bond donors (Lipinski definition) is 0. The van der Waals surface area contributed by atoms with Gasteiger partial charge in [-0.2, -0.15) is 4.80 Å². The van der Waals surface area contributed by atoms with Crippen LogP contribution in [0.15, 0.2) is 0 Å². The molecule has 0 N–H and O–H groups in total. The van der Waals surface area contributed by atoms with Gasteiger partial charge in [-0.25, -0.2) is 0 Å². The van der Waals surface area contributed by atoms with Crippen molar-refractivity contribution in [2.75, 3.05) is 0 Å². The number of alkyl halides is 3. The minimum absolute atomic E-state index is 0.109. The van der Waals surface area contributed by atoms with Gasteiger partial charge >= 0.3 is 0 Å². The standard InChI is InChI=1S/C6H9Cl3N4/c1-4(2)3-13-11-5(10-12-13)6(7,8)9/h4H,3H2,1-2H3. The van der Waals surface area contributed by atoms with Crippen LogP contribution in [0, 0.1) is 5.92 Å². The van der Waals surface area contributed by atoms with Crippen LogP contribution in [0.25, 0.3) is 0 Å². The van der Waals surface area contributed by atoms with Crippen LogP contribution in [0.5, 0.6) is 0 Å². The third kappa shape index (κ3) is 3.29. The number of halogens is 3. The fourth-order valence-electron chi connectivity index (χ4n) is 0.761. The normalized spacial score (nSPS) is 12.5. The van der Waals surface area contributed by atoms with Crippen LogP contribution in [0.1, 0.15) is 19.7 Å². The Balaban J connectivity index is 2.75. The van der Waals surface area contributed by atoms with E-state index in [9.17, 15) is 0 Å². The monoisotopic (exact) mass is 242 g/mol. The average Bonchev–Trinajstić information content (AvgIpc) is 2.32. The lowest BCUT2D eigenvalue weighted by molar-refractivity contribution is 0.428. The second-order valence-corrected chi connectivity index (χ2v) is 5.34. The summed E-state index contributed by atoms with van der Waals surface area (Å²) < 4.78 is -1.59. The van der Waals surface area contributed by atoms with Gasteiger partial charge in [0.1, 0.15) is 0 Å². The molecule has 74 valence electrons. The summed E-state index contributed by atoms with van der Waals surface area (Å²) in [6, 6.07) is 0. The Morgan fingerprint density at radius 1 is 1.38 bits per heavy atom. The summed E-state index contributed by atoms with van der Waals surface area (Å²) in [7, 11) is 0. The molecule has 0 aliphatic heterocycles. The van der Waals surface area contributed by atoms with Crippen LogP contribution < -0.4 is 0 Å². The fraction of sp³-hybridized carbons (Fsp3) is 0.833. The van der Waals surface area contributed by atoms with Crippen molar-refractivity contribution < 1.29 is 0 Å². The average molecular weight is 244 g/mol. The molecule has 0 spiro atoms. The quantitative estimate of drug-likeness (QED) is 0.748. The second kappa shape index (κ2) is 3.98. The smallest absolute Gasteiger partial charge is 0.164 e. The summed E-state index contributed by atoms with van der Waals surface area (Å²) in [5.74, 6) is 0.538. The number of rotatable bonds is 2. The lowest BCUT2D eigenvalue weighted by Crippen LogP contribution is -2.09. The molecule has 0 atom stereocenters. The minimum Gasteiger partial charge on any atom is -0.164 e. The highest BCUT2D eigenvalue weighted by atomic mass is 35.6. The predicted octanol–water partition coefficient (Wildman–Crippen LogP) is 2.16. The molecule has 0 aliphatic carbocycles. The summed E-state index contributed by atoms with van der Waals surface area (Å²) in [5, 5.41) is 11.3. The molecule has 0 radical (unpaired) electrons. The van der Waals surface area contributed by atoms with Crippen LogP contribution in [-0.4, -0.2) is 20.2 Å². The van der Waals surface area contributed by atoms with Crippen molar-refractivity contribution in [3.05, 3.63) is 5.82 Å². The zero-order valence-electron chi connectivity index (χ0n) is 7.21. The van der Waals surface area contributed by atoms with Crippen molar-refractivity contribution in [1.82, 2.24) is 20.2 Å². The largest absolute Gasteiger partial charge is 0.253 e. The predicted molar refractivity (Wildman–Crippen MR) is 51.9 cm³/mol. The van der Waals surface area contributed by atoms with E-state index in [1.165, 1.54) is 4.80 Å². The van der Waals surface area contributed by atoms with E-state index in [0.717, 1.165) is 0 Å². The molecule has 7 heteroatoms. The highest BCUT2D eigenvalue weighted by Crippen LogP contribution is 2.35. The number of nitrogens with zero attached hydrogens (tertiary/aromatic N) is 4.